The van der Waals surface area contributed by atoms with E-state index in [1.54, 1.807) is 24.4 Å². The first-order valence-electron chi connectivity index (χ1n) is 8.86. The van der Waals surface area contributed by atoms with Gasteiger partial charge in [0.1, 0.15) is 6.61 Å². The number of nitrogens with one attached hydrogen (secondary N) is 1. The molecule has 3 aromatic rings. The van der Waals surface area contributed by atoms with Crippen molar-refractivity contribution in [2.75, 3.05) is 5.75 Å². The summed E-state index contributed by atoms with van der Waals surface area (Å²) in [5.41, 5.74) is 1.97. The largest absolute Gasteiger partial charge is 0.473 e. The van der Waals surface area contributed by atoms with Gasteiger partial charge in [-0.2, -0.15) is 0 Å². The Morgan fingerprint density at radius 1 is 1.07 bits per heavy atom. The summed E-state index contributed by atoms with van der Waals surface area (Å²) in [7, 11) is 0. The number of non-ortho nitro benzene ring substituents is 1. The minimum absolute atomic E-state index is 0.0294. The number of amides is 1. The topological polar surface area (TPSA) is 94.4 Å². The number of hydrogen-bond donors (Lipinski definition) is 1. The van der Waals surface area contributed by atoms with E-state index in [-0.39, 0.29) is 17.3 Å². The number of thioether (sulfide) groups is 1. The molecular formula is C21H19N3O4S. The molecule has 0 unspecified atom stereocenters. The number of rotatable bonds is 9. The zero-order valence-corrected chi connectivity index (χ0v) is 16.3. The summed E-state index contributed by atoms with van der Waals surface area (Å²) in [5, 5.41) is 13.5. The molecule has 3 rings (SSSR count). The third-order valence-corrected chi connectivity index (χ3v) is 4.95. The molecule has 7 nitrogen and oxygen atoms in total. The second kappa shape index (κ2) is 10.2. The van der Waals surface area contributed by atoms with Crippen molar-refractivity contribution in [1.29, 1.82) is 0 Å². The van der Waals surface area contributed by atoms with Gasteiger partial charge in [-0.3, -0.25) is 14.9 Å². The third-order valence-electron chi connectivity index (χ3n) is 3.94. The molecule has 1 amide bonds. The molecule has 1 aromatic heterocycles. The average molecular weight is 409 g/mol. The Morgan fingerprint density at radius 3 is 2.55 bits per heavy atom. The molecule has 0 spiro atoms. The van der Waals surface area contributed by atoms with Crippen molar-refractivity contribution in [3.63, 3.8) is 0 Å². The first-order chi connectivity index (χ1) is 14.1. The maximum Gasteiger partial charge on any atom is 0.269 e. The highest BCUT2D eigenvalue weighted by Gasteiger charge is 2.07. The monoisotopic (exact) mass is 409 g/mol. The first-order valence-corrected chi connectivity index (χ1v) is 9.84. The SMILES string of the molecule is O=C(CSc1ccc([N+](=O)[O-])cc1)NCc1ccnc(OCc2ccccc2)c1. The molecule has 148 valence electrons. The van der Waals surface area contributed by atoms with E-state index in [2.05, 4.69) is 10.3 Å². The van der Waals surface area contributed by atoms with Crippen LogP contribution in [0.2, 0.25) is 0 Å². The standard InChI is InChI=1S/C21H19N3O4S/c25-20(15-29-19-8-6-18(7-9-19)24(26)27)23-13-17-10-11-22-21(12-17)28-14-16-4-2-1-3-5-16/h1-12H,13-15H2,(H,23,25). The second-order valence-corrected chi connectivity index (χ2v) is 7.14. The van der Waals surface area contributed by atoms with E-state index < -0.39 is 4.92 Å². The average Bonchev–Trinajstić information content (AvgIpc) is 2.76. The van der Waals surface area contributed by atoms with E-state index in [9.17, 15) is 14.9 Å². The van der Waals surface area contributed by atoms with Crippen LogP contribution in [-0.4, -0.2) is 21.6 Å². The highest BCUT2D eigenvalue weighted by Crippen LogP contribution is 2.21. The number of nitro benzene ring substituents is 1. The molecule has 1 N–H and O–H groups in total. The summed E-state index contributed by atoms with van der Waals surface area (Å²) in [6.45, 7) is 0.791. The molecule has 0 bridgehead atoms. The van der Waals surface area contributed by atoms with Gasteiger partial charge < -0.3 is 10.1 Å². The van der Waals surface area contributed by atoms with E-state index >= 15 is 0 Å². The molecule has 0 fully saturated rings. The van der Waals surface area contributed by atoms with Crippen molar-refractivity contribution in [3.05, 3.63) is 94.2 Å². The molecule has 0 aliphatic carbocycles. The smallest absolute Gasteiger partial charge is 0.269 e. The molecule has 0 atom stereocenters. The lowest BCUT2D eigenvalue weighted by Gasteiger charge is -2.08. The van der Waals surface area contributed by atoms with E-state index in [1.807, 2.05) is 36.4 Å². The lowest BCUT2D eigenvalue weighted by Crippen LogP contribution is -2.24. The summed E-state index contributed by atoms with van der Waals surface area (Å²) >= 11 is 1.32. The molecular weight excluding hydrogens is 390 g/mol. The number of benzene rings is 2. The predicted octanol–water partition coefficient (Wildman–Crippen LogP) is 3.98. The Kier molecular flexibility index (Phi) is 7.18. The van der Waals surface area contributed by atoms with Crippen molar-refractivity contribution >= 4 is 23.4 Å². The minimum Gasteiger partial charge on any atom is -0.473 e. The van der Waals surface area contributed by atoms with E-state index in [4.69, 9.17) is 4.74 Å². The van der Waals surface area contributed by atoms with Crippen molar-refractivity contribution in [3.8, 4) is 5.88 Å². The van der Waals surface area contributed by atoms with Crippen LogP contribution in [0.4, 0.5) is 5.69 Å². The van der Waals surface area contributed by atoms with Crippen LogP contribution in [0.1, 0.15) is 11.1 Å². The van der Waals surface area contributed by atoms with Gasteiger partial charge in [-0.1, -0.05) is 30.3 Å². The van der Waals surface area contributed by atoms with Gasteiger partial charge in [0.25, 0.3) is 5.69 Å². The Bertz CT molecular complexity index is 965. The molecule has 29 heavy (non-hydrogen) atoms. The maximum atomic E-state index is 12.1. The van der Waals surface area contributed by atoms with Crippen LogP contribution >= 0.6 is 11.8 Å². The van der Waals surface area contributed by atoms with Crippen LogP contribution < -0.4 is 10.1 Å². The fraction of sp³-hybridized carbons (Fsp3) is 0.143. The Balaban J connectivity index is 1.44. The summed E-state index contributed by atoms with van der Waals surface area (Å²) in [6, 6.07) is 19.5. The van der Waals surface area contributed by atoms with Gasteiger partial charge in [0.05, 0.1) is 10.7 Å². The van der Waals surface area contributed by atoms with Gasteiger partial charge in [0.15, 0.2) is 0 Å². The van der Waals surface area contributed by atoms with E-state index in [0.717, 1.165) is 16.0 Å². The van der Waals surface area contributed by atoms with Crippen molar-refractivity contribution in [1.82, 2.24) is 10.3 Å². The zero-order chi connectivity index (χ0) is 20.5. The van der Waals surface area contributed by atoms with Gasteiger partial charge in [-0.25, -0.2) is 4.98 Å². The van der Waals surface area contributed by atoms with Gasteiger partial charge in [-0.15, -0.1) is 11.8 Å². The van der Waals surface area contributed by atoms with Gasteiger partial charge in [0.2, 0.25) is 11.8 Å². The van der Waals surface area contributed by atoms with Gasteiger partial charge in [-0.05, 0) is 29.3 Å². The third kappa shape index (κ3) is 6.62. The van der Waals surface area contributed by atoms with Gasteiger partial charge in [0, 0.05) is 35.8 Å². The van der Waals surface area contributed by atoms with Crippen LogP contribution in [0.15, 0.2) is 77.8 Å². The number of carbonyl (C=O) groups excluding carboxylic acids is 1. The molecule has 0 saturated heterocycles. The summed E-state index contributed by atoms with van der Waals surface area (Å²) in [4.78, 5) is 27.3. The summed E-state index contributed by atoms with van der Waals surface area (Å²) in [6.07, 6.45) is 1.65. The zero-order valence-electron chi connectivity index (χ0n) is 15.5. The number of carbonyl (C=O) groups is 1. The maximum absolute atomic E-state index is 12.1. The molecule has 0 aliphatic heterocycles. The molecule has 0 saturated carbocycles. The highest BCUT2D eigenvalue weighted by molar-refractivity contribution is 8.00. The second-order valence-electron chi connectivity index (χ2n) is 6.09. The summed E-state index contributed by atoms with van der Waals surface area (Å²) in [5.74, 6) is 0.595. The number of hydrogen-bond acceptors (Lipinski definition) is 6. The first kappa shape index (κ1) is 20.3. The van der Waals surface area contributed by atoms with E-state index in [1.165, 1.54) is 23.9 Å². The predicted molar refractivity (Wildman–Crippen MR) is 111 cm³/mol. The lowest BCUT2D eigenvalue weighted by molar-refractivity contribution is -0.384. The molecule has 2 aromatic carbocycles. The minimum atomic E-state index is -0.451. The van der Waals surface area contributed by atoms with Crippen molar-refractivity contribution in [2.24, 2.45) is 0 Å². The molecule has 1 heterocycles. The van der Waals surface area contributed by atoms with Crippen LogP contribution in [0.5, 0.6) is 5.88 Å². The lowest BCUT2D eigenvalue weighted by atomic mass is 10.2. The molecule has 8 heteroatoms. The quantitative estimate of drug-likeness (QED) is 0.326. The number of nitrogens with zero attached hydrogens (tertiary/aromatic N) is 2. The Labute approximate surface area is 172 Å². The van der Waals surface area contributed by atoms with Crippen LogP contribution in [-0.2, 0) is 17.9 Å². The van der Waals surface area contributed by atoms with Crippen molar-refractivity contribution < 1.29 is 14.5 Å². The highest BCUT2D eigenvalue weighted by atomic mass is 32.2. The fourth-order valence-electron chi connectivity index (χ4n) is 2.44. The number of pyridine rings is 1. The van der Waals surface area contributed by atoms with Crippen molar-refractivity contribution in [2.45, 2.75) is 18.0 Å². The Hall–Kier alpha value is -3.39. The molecule has 0 aliphatic rings. The van der Waals surface area contributed by atoms with Crippen LogP contribution in [0, 0.1) is 10.1 Å². The summed E-state index contributed by atoms with van der Waals surface area (Å²) < 4.78 is 5.70. The van der Waals surface area contributed by atoms with Crippen LogP contribution in [0.25, 0.3) is 0 Å². The van der Waals surface area contributed by atoms with E-state index in [0.29, 0.717) is 19.0 Å². The Morgan fingerprint density at radius 2 is 1.83 bits per heavy atom. The van der Waals surface area contributed by atoms with Gasteiger partial charge >= 0.3 is 0 Å². The number of nitro groups is 1. The molecule has 0 radical (unpaired) electrons. The number of aromatic nitrogens is 1. The normalized spacial score (nSPS) is 10.3. The van der Waals surface area contributed by atoms with Crippen LogP contribution in [0.3, 0.4) is 0 Å². The number of ether oxygens (including phenoxy) is 1. The fourth-order valence-corrected chi connectivity index (χ4v) is 3.16.